The van der Waals surface area contributed by atoms with Gasteiger partial charge in [0.15, 0.2) is 0 Å². The summed E-state index contributed by atoms with van der Waals surface area (Å²) in [6.07, 6.45) is 2.80. The minimum atomic E-state index is 0.504. The van der Waals surface area contributed by atoms with Crippen LogP contribution in [-0.4, -0.2) is 6.21 Å². The third-order valence-electron chi connectivity index (χ3n) is 2.74. The van der Waals surface area contributed by atoms with Gasteiger partial charge < -0.3 is 4.84 Å². The zero-order valence-corrected chi connectivity index (χ0v) is 10.5. The topological polar surface area (TPSA) is 21.6 Å². The van der Waals surface area contributed by atoms with Crippen LogP contribution in [0.3, 0.4) is 0 Å². The summed E-state index contributed by atoms with van der Waals surface area (Å²) in [7, 11) is 0. The van der Waals surface area contributed by atoms with E-state index in [-0.39, 0.29) is 0 Å². The predicted molar refractivity (Wildman–Crippen MR) is 74.6 cm³/mol. The zero-order valence-electron chi connectivity index (χ0n) is 10.5. The molecule has 2 nitrogen and oxygen atoms in total. The number of aryl methyl sites for hydroxylation is 1. The molecule has 0 N–H and O–H groups in total. The molecule has 0 saturated heterocycles. The highest BCUT2D eigenvalue weighted by atomic mass is 16.6. The van der Waals surface area contributed by atoms with Gasteiger partial charge in [-0.1, -0.05) is 66.7 Å². The number of hydrogen-bond acceptors (Lipinski definition) is 2. The van der Waals surface area contributed by atoms with Crippen LogP contribution in [0, 0.1) is 0 Å². The van der Waals surface area contributed by atoms with Gasteiger partial charge in [0.05, 0.1) is 6.21 Å². The van der Waals surface area contributed by atoms with Gasteiger partial charge in [-0.3, -0.25) is 0 Å². The molecule has 0 aliphatic heterocycles. The Labute approximate surface area is 108 Å². The van der Waals surface area contributed by atoms with Crippen LogP contribution in [0.5, 0.6) is 0 Å². The average Bonchev–Trinajstić information content (AvgIpc) is 2.45. The van der Waals surface area contributed by atoms with Crippen LogP contribution in [-0.2, 0) is 17.9 Å². The Hall–Kier alpha value is -2.09. The number of nitrogens with zero attached hydrogens (tertiary/aromatic N) is 1. The molecule has 0 radical (unpaired) electrons. The molecule has 18 heavy (non-hydrogen) atoms. The summed E-state index contributed by atoms with van der Waals surface area (Å²) in [6, 6.07) is 18.3. The molecule has 2 heteroatoms. The molecule has 0 fully saturated rings. The maximum absolute atomic E-state index is 5.25. The van der Waals surface area contributed by atoms with Crippen LogP contribution >= 0.6 is 0 Å². The van der Waals surface area contributed by atoms with Gasteiger partial charge in [-0.15, -0.1) is 0 Å². The monoisotopic (exact) mass is 239 g/mol. The van der Waals surface area contributed by atoms with E-state index in [2.05, 4.69) is 24.2 Å². The van der Waals surface area contributed by atoms with Gasteiger partial charge in [0.25, 0.3) is 0 Å². The summed E-state index contributed by atoms with van der Waals surface area (Å²) in [4.78, 5) is 5.25. The van der Waals surface area contributed by atoms with E-state index in [1.54, 1.807) is 6.21 Å². The highest BCUT2D eigenvalue weighted by molar-refractivity contribution is 5.79. The van der Waals surface area contributed by atoms with E-state index in [1.165, 1.54) is 5.56 Å². The molecule has 2 rings (SSSR count). The Balaban J connectivity index is 1.84. The minimum absolute atomic E-state index is 0.504. The van der Waals surface area contributed by atoms with Crippen molar-refractivity contribution in [2.75, 3.05) is 0 Å². The molecule has 0 spiro atoms. The zero-order chi connectivity index (χ0) is 12.6. The quantitative estimate of drug-likeness (QED) is 0.574. The summed E-state index contributed by atoms with van der Waals surface area (Å²) >= 11 is 0. The Morgan fingerprint density at radius 1 is 0.944 bits per heavy atom. The van der Waals surface area contributed by atoms with Gasteiger partial charge in [-0.25, -0.2) is 0 Å². The molecule has 0 aliphatic rings. The van der Waals surface area contributed by atoms with E-state index in [1.807, 2.05) is 42.5 Å². The van der Waals surface area contributed by atoms with E-state index in [0.29, 0.717) is 6.61 Å². The molecule has 92 valence electrons. The SMILES string of the molecule is CCc1ccc(C=NOCc2ccccc2)cc1. The first-order chi connectivity index (χ1) is 8.88. The highest BCUT2D eigenvalue weighted by Gasteiger charge is 1.91. The fraction of sp³-hybridized carbons (Fsp3) is 0.188. The first kappa shape index (κ1) is 12.4. The Morgan fingerprint density at radius 2 is 1.67 bits per heavy atom. The molecule has 0 aliphatic carbocycles. The predicted octanol–water partition coefficient (Wildman–Crippen LogP) is 3.80. The van der Waals surface area contributed by atoms with Crippen LogP contribution in [0.4, 0.5) is 0 Å². The molecule has 0 heterocycles. The molecule has 0 bridgehead atoms. The third-order valence-corrected chi connectivity index (χ3v) is 2.74. The van der Waals surface area contributed by atoms with Crippen LogP contribution in [0.1, 0.15) is 23.6 Å². The number of rotatable bonds is 5. The van der Waals surface area contributed by atoms with Crippen molar-refractivity contribution >= 4 is 6.21 Å². The van der Waals surface area contributed by atoms with Gasteiger partial charge in [0.2, 0.25) is 0 Å². The Morgan fingerprint density at radius 3 is 2.33 bits per heavy atom. The van der Waals surface area contributed by atoms with Crippen LogP contribution in [0.25, 0.3) is 0 Å². The molecule has 0 atom stereocenters. The van der Waals surface area contributed by atoms with E-state index in [0.717, 1.165) is 17.5 Å². The second-order valence-corrected chi connectivity index (χ2v) is 4.09. The molecule has 0 aromatic heterocycles. The van der Waals surface area contributed by atoms with Gasteiger partial charge >= 0.3 is 0 Å². The second-order valence-electron chi connectivity index (χ2n) is 4.09. The molecular formula is C16H17NO. The summed E-state index contributed by atoms with van der Waals surface area (Å²) in [5, 5.41) is 3.97. The minimum Gasteiger partial charge on any atom is -0.391 e. The van der Waals surface area contributed by atoms with Crippen LogP contribution in [0.2, 0.25) is 0 Å². The number of hydrogen-bond donors (Lipinski definition) is 0. The normalized spacial score (nSPS) is 10.7. The van der Waals surface area contributed by atoms with E-state index in [4.69, 9.17) is 4.84 Å². The van der Waals surface area contributed by atoms with E-state index >= 15 is 0 Å². The Kier molecular flexibility index (Phi) is 4.53. The third kappa shape index (κ3) is 3.74. The van der Waals surface area contributed by atoms with Gasteiger partial charge in [0, 0.05) is 0 Å². The molecule has 2 aromatic rings. The van der Waals surface area contributed by atoms with Crippen molar-refractivity contribution in [3.05, 3.63) is 71.3 Å². The molecule has 0 saturated carbocycles. The molecule has 2 aromatic carbocycles. The first-order valence-corrected chi connectivity index (χ1v) is 6.16. The largest absolute Gasteiger partial charge is 0.391 e. The van der Waals surface area contributed by atoms with Crippen LogP contribution in [0.15, 0.2) is 59.8 Å². The fourth-order valence-corrected chi connectivity index (χ4v) is 1.62. The highest BCUT2D eigenvalue weighted by Crippen LogP contribution is 2.04. The van der Waals surface area contributed by atoms with Crippen molar-refractivity contribution in [2.45, 2.75) is 20.0 Å². The summed E-state index contributed by atoms with van der Waals surface area (Å²) in [5.74, 6) is 0. The van der Waals surface area contributed by atoms with Crippen molar-refractivity contribution in [3.63, 3.8) is 0 Å². The van der Waals surface area contributed by atoms with Gasteiger partial charge in [-0.05, 0) is 23.1 Å². The lowest BCUT2D eigenvalue weighted by Gasteiger charge is -1.99. The maximum Gasteiger partial charge on any atom is 0.142 e. The Bertz CT molecular complexity index is 488. The smallest absolute Gasteiger partial charge is 0.142 e. The lowest BCUT2D eigenvalue weighted by Crippen LogP contribution is -1.88. The summed E-state index contributed by atoms with van der Waals surface area (Å²) in [6.45, 7) is 2.65. The fourth-order valence-electron chi connectivity index (χ4n) is 1.62. The standard InChI is InChI=1S/C16H17NO/c1-2-14-8-10-15(11-9-14)12-17-18-13-16-6-4-3-5-7-16/h3-12H,2,13H2,1H3. The van der Waals surface area contributed by atoms with Crippen molar-refractivity contribution < 1.29 is 4.84 Å². The lowest BCUT2D eigenvalue weighted by atomic mass is 10.1. The summed E-state index contributed by atoms with van der Waals surface area (Å²) in [5.41, 5.74) is 3.51. The van der Waals surface area contributed by atoms with Crippen molar-refractivity contribution in [1.29, 1.82) is 0 Å². The molecular weight excluding hydrogens is 222 g/mol. The van der Waals surface area contributed by atoms with Crippen molar-refractivity contribution in [2.24, 2.45) is 5.16 Å². The lowest BCUT2D eigenvalue weighted by molar-refractivity contribution is 0.132. The van der Waals surface area contributed by atoms with E-state index < -0.39 is 0 Å². The van der Waals surface area contributed by atoms with E-state index in [9.17, 15) is 0 Å². The van der Waals surface area contributed by atoms with Crippen molar-refractivity contribution in [3.8, 4) is 0 Å². The summed E-state index contributed by atoms with van der Waals surface area (Å²) < 4.78 is 0. The molecule has 0 unspecified atom stereocenters. The van der Waals surface area contributed by atoms with Crippen molar-refractivity contribution in [1.82, 2.24) is 0 Å². The van der Waals surface area contributed by atoms with Crippen LogP contribution < -0.4 is 0 Å². The second kappa shape index (κ2) is 6.60. The van der Waals surface area contributed by atoms with Gasteiger partial charge in [0.1, 0.15) is 6.61 Å². The maximum atomic E-state index is 5.25. The molecule has 0 amide bonds. The average molecular weight is 239 g/mol. The first-order valence-electron chi connectivity index (χ1n) is 6.16. The van der Waals surface area contributed by atoms with Gasteiger partial charge in [-0.2, -0.15) is 0 Å². The number of oxime groups is 1. The number of benzene rings is 2.